The van der Waals surface area contributed by atoms with Crippen LogP contribution in [-0.2, 0) is 0 Å². The number of likely N-dealkylation sites (tertiary alicyclic amines) is 1. The summed E-state index contributed by atoms with van der Waals surface area (Å²) >= 11 is 3.47. The van der Waals surface area contributed by atoms with E-state index in [0.29, 0.717) is 11.6 Å². The zero-order chi connectivity index (χ0) is 12.1. The van der Waals surface area contributed by atoms with Gasteiger partial charge in [0, 0.05) is 30.3 Å². The van der Waals surface area contributed by atoms with Crippen LogP contribution >= 0.6 is 15.9 Å². The minimum absolute atomic E-state index is 0.128. The summed E-state index contributed by atoms with van der Waals surface area (Å²) < 4.78 is 0. The third-order valence-electron chi connectivity index (χ3n) is 3.24. The number of carbonyl (C=O) groups is 1. The summed E-state index contributed by atoms with van der Waals surface area (Å²) in [4.78, 5) is 18.4. The molecule has 1 saturated heterocycles. The molecule has 0 spiro atoms. The van der Waals surface area contributed by atoms with Crippen molar-refractivity contribution in [2.75, 3.05) is 11.9 Å². The van der Waals surface area contributed by atoms with Gasteiger partial charge in [-0.15, -0.1) is 0 Å². The number of carbonyl (C=O) groups excluding carboxylic acids is 1. The Bertz CT molecular complexity index is 367. The number of halogens is 1. The molecule has 1 aliphatic rings. The van der Waals surface area contributed by atoms with Gasteiger partial charge in [0.25, 0.3) is 5.91 Å². The number of nitrogens with zero attached hydrogens (tertiary/aromatic N) is 2. The number of rotatable bonds is 3. The molecule has 1 amide bonds. The van der Waals surface area contributed by atoms with Crippen molar-refractivity contribution in [1.82, 2.24) is 9.88 Å². The van der Waals surface area contributed by atoms with Gasteiger partial charge in [-0.2, -0.15) is 0 Å². The van der Waals surface area contributed by atoms with Crippen molar-refractivity contribution in [2.24, 2.45) is 0 Å². The van der Waals surface area contributed by atoms with Crippen LogP contribution in [0.4, 0.5) is 0 Å². The minimum atomic E-state index is 0.128. The monoisotopic (exact) mass is 296 g/mol. The van der Waals surface area contributed by atoms with Crippen LogP contribution in [0.1, 0.15) is 36.0 Å². The topological polar surface area (TPSA) is 33.2 Å². The van der Waals surface area contributed by atoms with Crippen LogP contribution in [0.2, 0.25) is 0 Å². The smallest absolute Gasteiger partial charge is 0.255 e. The van der Waals surface area contributed by atoms with E-state index in [-0.39, 0.29) is 5.91 Å². The number of piperidine rings is 1. The fraction of sp³-hybridized carbons (Fsp3) is 0.538. The maximum absolute atomic E-state index is 12.4. The summed E-state index contributed by atoms with van der Waals surface area (Å²) in [7, 11) is 0. The minimum Gasteiger partial charge on any atom is -0.336 e. The maximum Gasteiger partial charge on any atom is 0.255 e. The molecule has 2 heterocycles. The largest absolute Gasteiger partial charge is 0.336 e. The fourth-order valence-corrected chi connectivity index (χ4v) is 2.88. The molecule has 1 atom stereocenters. The van der Waals surface area contributed by atoms with Gasteiger partial charge in [0.1, 0.15) is 0 Å². The molecule has 1 aromatic heterocycles. The Balaban J connectivity index is 2.11. The molecule has 0 aromatic carbocycles. The molecule has 92 valence electrons. The summed E-state index contributed by atoms with van der Waals surface area (Å²) in [6.07, 6.45) is 7.86. The summed E-state index contributed by atoms with van der Waals surface area (Å²) in [6, 6.07) is 4.04. The standard InChI is InChI=1S/C13H17BrN2O/c14-7-6-12-5-1-2-9-16(12)13(17)11-4-3-8-15-10-11/h3-4,8,10,12H,1-2,5-7,9H2. The number of amides is 1. The van der Waals surface area contributed by atoms with E-state index < -0.39 is 0 Å². The Labute approximate surface area is 110 Å². The molecule has 1 aliphatic heterocycles. The van der Waals surface area contributed by atoms with Gasteiger partial charge in [-0.25, -0.2) is 0 Å². The van der Waals surface area contributed by atoms with Gasteiger partial charge < -0.3 is 4.90 Å². The van der Waals surface area contributed by atoms with Gasteiger partial charge in [-0.05, 0) is 37.8 Å². The quantitative estimate of drug-likeness (QED) is 0.804. The van der Waals surface area contributed by atoms with Gasteiger partial charge >= 0.3 is 0 Å². The molecular weight excluding hydrogens is 280 g/mol. The molecule has 0 radical (unpaired) electrons. The predicted octanol–water partition coefficient (Wildman–Crippen LogP) is 2.86. The van der Waals surface area contributed by atoms with Crippen LogP contribution in [0.3, 0.4) is 0 Å². The first-order valence-corrected chi connectivity index (χ1v) is 7.22. The first kappa shape index (κ1) is 12.6. The Morgan fingerprint density at radius 2 is 2.41 bits per heavy atom. The Morgan fingerprint density at radius 1 is 1.53 bits per heavy atom. The zero-order valence-electron chi connectivity index (χ0n) is 9.81. The predicted molar refractivity (Wildman–Crippen MR) is 71.3 cm³/mol. The Hall–Kier alpha value is -0.900. The summed E-state index contributed by atoms with van der Waals surface area (Å²) in [5.41, 5.74) is 0.703. The average molecular weight is 297 g/mol. The molecule has 0 bridgehead atoms. The highest BCUT2D eigenvalue weighted by Gasteiger charge is 2.26. The SMILES string of the molecule is O=C(c1cccnc1)N1CCCCC1CCBr. The van der Waals surface area contributed by atoms with E-state index >= 15 is 0 Å². The van der Waals surface area contributed by atoms with Crippen molar-refractivity contribution in [3.63, 3.8) is 0 Å². The Kier molecular flexibility index (Phi) is 4.54. The van der Waals surface area contributed by atoms with Crippen molar-refractivity contribution >= 4 is 21.8 Å². The summed E-state index contributed by atoms with van der Waals surface area (Å²) in [5.74, 6) is 0.128. The van der Waals surface area contributed by atoms with Gasteiger partial charge in [-0.1, -0.05) is 15.9 Å². The molecule has 1 aromatic rings. The molecule has 17 heavy (non-hydrogen) atoms. The average Bonchev–Trinajstić information content (AvgIpc) is 2.40. The lowest BCUT2D eigenvalue weighted by atomic mass is 9.99. The van der Waals surface area contributed by atoms with Gasteiger partial charge in [0.2, 0.25) is 0 Å². The summed E-state index contributed by atoms with van der Waals surface area (Å²) in [6.45, 7) is 0.880. The number of hydrogen-bond acceptors (Lipinski definition) is 2. The van der Waals surface area contributed by atoms with Gasteiger partial charge in [-0.3, -0.25) is 9.78 Å². The number of pyridine rings is 1. The molecule has 1 fully saturated rings. The van der Waals surface area contributed by atoms with Crippen molar-refractivity contribution in [3.8, 4) is 0 Å². The second-order valence-corrected chi connectivity index (χ2v) is 5.16. The zero-order valence-corrected chi connectivity index (χ0v) is 11.4. The first-order chi connectivity index (χ1) is 8.33. The molecule has 1 unspecified atom stereocenters. The van der Waals surface area contributed by atoms with Gasteiger partial charge in [0.15, 0.2) is 0 Å². The summed E-state index contributed by atoms with van der Waals surface area (Å²) in [5, 5.41) is 0.953. The second kappa shape index (κ2) is 6.15. The van der Waals surface area contributed by atoms with Crippen molar-refractivity contribution in [3.05, 3.63) is 30.1 Å². The molecule has 3 nitrogen and oxygen atoms in total. The van der Waals surface area contributed by atoms with E-state index in [1.807, 2.05) is 17.0 Å². The molecule has 0 N–H and O–H groups in total. The third-order valence-corrected chi connectivity index (χ3v) is 3.70. The first-order valence-electron chi connectivity index (χ1n) is 6.10. The van der Waals surface area contributed by atoms with Crippen molar-refractivity contribution in [1.29, 1.82) is 0 Å². The normalized spacial score (nSPS) is 20.3. The van der Waals surface area contributed by atoms with Crippen LogP contribution in [0.5, 0.6) is 0 Å². The lowest BCUT2D eigenvalue weighted by Gasteiger charge is -2.35. The maximum atomic E-state index is 12.4. The molecule has 0 saturated carbocycles. The second-order valence-electron chi connectivity index (χ2n) is 4.37. The van der Waals surface area contributed by atoms with E-state index in [0.717, 1.165) is 31.1 Å². The van der Waals surface area contributed by atoms with E-state index in [2.05, 4.69) is 20.9 Å². The van der Waals surface area contributed by atoms with E-state index in [1.165, 1.54) is 6.42 Å². The van der Waals surface area contributed by atoms with Crippen molar-refractivity contribution < 1.29 is 4.79 Å². The molecule has 4 heteroatoms. The molecular formula is C13H17BrN2O. The van der Waals surface area contributed by atoms with Crippen molar-refractivity contribution in [2.45, 2.75) is 31.7 Å². The van der Waals surface area contributed by atoms with E-state index in [4.69, 9.17) is 0 Å². The molecule has 0 aliphatic carbocycles. The molecule has 2 rings (SSSR count). The highest BCUT2D eigenvalue weighted by atomic mass is 79.9. The highest BCUT2D eigenvalue weighted by molar-refractivity contribution is 9.09. The Morgan fingerprint density at radius 3 is 3.12 bits per heavy atom. The van der Waals surface area contributed by atoms with E-state index in [1.54, 1.807) is 12.4 Å². The van der Waals surface area contributed by atoms with Gasteiger partial charge in [0.05, 0.1) is 5.56 Å². The number of hydrogen-bond donors (Lipinski definition) is 0. The van der Waals surface area contributed by atoms with Crippen LogP contribution in [-0.4, -0.2) is 33.7 Å². The lowest BCUT2D eigenvalue weighted by molar-refractivity contribution is 0.0609. The van der Waals surface area contributed by atoms with Crippen LogP contribution in [0.15, 0.2) is 24.5 Å². The van der Waals surface area contributed by atoms with E-state index in [9.17, 15) is 4.79 Å². The number of alkyl halides is 1. The fourth-order valence-electron chi connectivity index (χ4n) is 2.35. The van der Waals surface area contributed by atoms with Crippen LogP contribution in [0.25, 0.3) is 0 Å². The van der Waals surface area contributed by atoms with Crippen LogP contribution < -0.4 is 0 Å². The number of aromatic nitrogens is 1. The lowest BCUT2D eigenvalue weighted by Crippen LogP contribution is -2.43. The highest BCUT2D eigenvalue weighted by Crippen LogP contribution is 2.22. The third kappa shape index (κ3) is 3.06. The van der Waals surface area contributed by atoms with Crippen LogP contribution in [0, 0.1) is 0 Å².